The van der Waals surface area contributed by atoms with Gasteiger partial charge in [-0.1, -0.05) is 19.0 Å². The van der Waals surface area contributed by atoms with Crippen LogP contribution in [0.15, 0.2) is 5.16 Å². The molecule has 0 bridgehead atoms. The molecule has 3 atom stereocenters. The van der Waals surface area contributed by atoms with Crippen molar-refractivity contribution in [3.63, 3.8) is 0 Å². The van der Waals surface area contributed by atoms with E-state index in [2.05, 4.69) is 36.1 Å². The summed E-state index contributed by atoms with van der Waals surface area (Å²) in [6, 6.07) is 0.338. The van der Waals surface area contributed by atoms with Crippen LogP contribution in [0.3, 0.4) is 0 Å². The first kappa shape index (κ1) is 24.4. The molecule has 0 aromatic rings. The Bertz CT molecular complexity index is 639. The Balaban J connectivity index is 1.52. The lowest BCUT2D eigenvalue weighted by Crippen LogP contribution is -2.59. The van der Waals surface area contributed by atoms with Crippen molar-refractivity contribution in [2.24, 2.45) is 10.6 Å². The van der Waals surface area contributed by atoms with Gasteiger partial charge in [-0.15, -0.1) is 0 Å². The van der Waals surface area contributed by atoms with Gasteiger partial charge in [0.05, 0.1) is 17.4 Å². The molecule has 178 valence electrons. The Hall–Kier alpha value is -1.22. The highest BCUT2D eigenvalue weighted by Crippen LogP contribution is 2.33. The highest BCUT2D eigenvalue weighted by Gasteiger charge is 2.42. The molecule has 1 N–H and O–H groups in total. The van der Waals surface area contributed by atoms with E-state index in [9.17, 15) is 4.79 Å². The topological polar surface area (TPSA) is 81.6 Å². The van der Waals surface area contributed by atoms with Crippen molar-refractivity contribution in [1.29, 1.82) is 0 Å². The van der Waals surface area contributed by atoms with Crippen molar-refractivity contribution >= 4 is 11.6 Å². The highest BCUT2D eigenvalue weighted by molar-refractivity contribution is 5.92. The molecule has 0 radical (unpaired) electrons. The van der Waals surface area contributed by atoms with Crippen LogP contribution in [0.2, 0.25) is 0 Å². The summed E-state index contributed by atoms with van der Waals surface area (Å²) >= 11 is 0. The van der Waals surface area contributed by atoms with E-state index >= 15 is 0 Å². The fraction of sp³-hybridized carbons (Fsp3) is 0.913. The second-order valence-corrected chi connectivity index (χ2v) is 10.1. The van der Waals surface area contributed by atoms with E-state index in [4.69, 9.17) is 19.0 Å². The molecule has 3 aliphatic heterocycles. The fourth-order valence-electron chi connectivity index (χ4n) is 4.30. The van der Waals surface area contributed by atoms with Crippen LogP contribution >= 0.6 is 0 Å². The first-order valence-electron chi connectivity index (χ1n) is 11.7. The van der Waals surface area contributed by atoms with Crippen molar-refractivity contribution in [3.05, 3.63) is 0 Å². The zero-order valence-corrected chi connectivity index (χ0v) is 20.1. The number of nitrogens with zero attached hydrogens (tertiary/aromatic N) is 2. The van der Waals surface area contributed by atoms with E-state index < -0.39 is 11.8 Å². The summed E-state index contributed by atoms with van der Waals surface area (Å²) in [5.41, 5.74) is -0.0794. The molecule has 0 aromatic carbocycles. The third kappa shape index (κ3) is 5.78. The minimum atomic E-state index is -0.654. The van der Waals surface area contributed by atoms with Crippen molar-refractivity contribution in [2.45, 2.75) is 103 Å². The normalized spacial score (nSPS) is 27.0. The molecule has 1 amide bonds. The van der Waals surface area contributed by atoms with Crippen molar-refractivity contribution in [1.82, 2.24) is 10.2 Å². The van der Waals surface area contributed by atoms with E-state index in [-0.39, 0.29) is 23.7 Å². The van der Waals surface area contributed by atoms with Gasteiger partial charge >= 0.3 is 0 Å². The molecule has 3 heterocycles. The number of ether oxygens (including phenoxy) is 3. The van der Waals surface area contributed by atoms with E-state index in [1.807, 2.05) is 20.9 Å². The second-order valence-electron chi connectivity index (χ2n) is 10.1. The molecular formula is C23H41N3O5. The van der Waals surface area contributed by atoms with E-state index in [1.165, 1.54) is 0 Å². The summed E-state index contributed by atoms with van der Waals surface area (Å²) in [5, 5.41) is 7.37. The molecule has 31 heavy (non-hydrogen) atoms. The molecule has 2 unspecified atom stereocenters. The molecule has 2 saturated heterocycles. The summed E-state index contributed by atoms with van der Waals surface area (Å²) in [4.78, 5) is 20.9. The quantitative estimate of drug-likeness (QED) is 0.626. The Labute approximate surface area is 187 Å². The van der Waals surface area contributed by atoms with Gasteiger partial charge in [0.15, 0.2) is 6.29 Å². The monoisotopic (exact) mass is 439 g/mol. The van der Waals surface area contributed by atoms with Gasteiger partial charge in [0.2, 0.25) is 12.1 Å². The van der Waals surface area contributed by atoms with Gasteiger partial charge in [0.1, 0.15) is 0 Å². The van der Waals surface area contributed by atoms with Crippen LogP contribution in [0.4, 0.5) is 0 Å². The molecule has 3 aliphatic rings. The molecule has 0 aliphatic carbocycles. The maximum atomic E-state index is 13.1. The number of likely N-dealkylation sites (N-methyl/N-ethyl adjacent to an activating group) is 1. The Morgan fingerprint density at radius 3 is 2.52 bits per heavy atom. The smallest absolute Gasteiger partial charge is 0.242 e. The zero-order valence-electron chi connectivity index (χ0n) is 20.1. The fourth-order valence-corrected chi connectivity index (χ4v) is 4.30. The number of rotatable bonds is 8. The molecule has 0 spiro atoms. The van der Waals surface area contributed by atoms with Crippen molar-refractivity contribution < 1.29 is 23.8 Å². The molecular weight excluding hydrogens is 398 g/mol. The van der Waals surface area contributed by atoms with E-state index in [1.54, 1.807) is 0 Å². The first-order valence-corrected chi connectivity index (χ1v) is 11.7. The molecule has 0 aromatic heterocycles. The zero-order chi connectivity index (χ0) is 22.6. The number of carbonyl (C=O) groups excluding carboxylic acids is 1. The van der Waals surface area contributed by atoms with Crippen LogP contribution in [0.1, 0.15) is 73.1 Å². The summed E-state index contributed by atoms with van der Waals surface area (Å²) in [6.07, 6.45) is 4.91. The third-order valence-electron chi connectivity index (χ3n) is 7.39. The third-order valence-corrected chi connectivity index (χ3v) is 7.39. The number of oxime groups is 1. The van der Waals surface area contributed by atoms with Gasteiger partial charge in [0, 0.05) is 37.7 Å². The molecule has 2 fully saturated rings. The average molecular weight is 440 g/mol. The number of hydrogen-bond donors (Lipinski definition) is 1. The number of carbonyl (C=O) groups is 1. The largest absolute Gasteiger partial charge is 0.381 e. The van der Waals surface area contributed by atoms with Gasteiger partial charge < -0.3 is 24.4 Å². The van der Waals surface area contributed by atoms with Crippen LogP contribution in [0.25, 0.3) is 0 Å². The van der Waals surface area contributed by atoms with Gasteiger partial charge in [0.25, 0.3) is 0 Å². The Kier molecular flexibility index (Phi) is 8.00. The van der Waals surface area contributed by atoms with Crippen molar-refractivity contribution in [3.8, 4) is 0 Å². The van der Waals surface area contributed by atoms with E-state index in [0.717, 1.165) is 57.6 Å². The number of amides is 1. The summed E-state index contributed by atoms with van der Waals surface area (Å²) < 4.78 is 17.4. The lowest BCUT2D eigenvalue weighted by Gasteiger charge is -2.41. The maximum absolute atomic E-state index is 13.1. The summed E-state index contributed by atoms with van der Waals surface area (Å²) in [5.74, 6) is -0.0550. The van der Waals surface area contributed by atoms with Crippen LogP contribution < -0.4 is 5.32 Å². The lowest BCUT2D eigenvalue weighted by atomic mass is 9.80. The molecule has 3 rings (SSSR count). The second kappa shape index (κ2) is 10.1. The lowest BCUT2D eigenvalue weighted by molar-refractivity contribution is -0.197. The minimum absolute atomic E-state index is 0.0550. The predicted molar refractivity (Wildman–Crippen MR) is 119 cm³/mol. The molecule has 8 heteroatoms. The summed E-state index contributed by atoms with van der Waals surface area (Å²) in [6.45, 7) is 12.4. The van der Waals surface area contributed by atoms with Crippen molar-refractivity contribution in [2.75, 3.05) is 26.9 Å². The predicted octanol–water partition coefficient (Wildman–Crippen LogP) is 3.05. The molecule has 0 saturated carbocycles. The van der Waals surface area contributed by atoms with Gasteiger partial charge in [-0.3, -0.25) is 9.69 Å². The minimum Gasteiger partial charge on any atom is -0.381 e. The van der Waals surface area contributed by atoms with E-state index in [0.29, 0.717) is 12.5 Å². The standard InChI is InChI=1S/C23H41N3O5/c1-16(30-20-9-7-8-12-29-20)22(2,3)18-15-19(31-25-18)24-21(27)23(4,5)26(6)17-10-13-28-14-11-17/h16-17,19-20H,7-15H2,1-6H3,(H,24,27)/t16-,19?,20?/m0/s1. The van der Waals surface area contributed by atoms with Crippen LogP contribution in [-0.2, 0) is 23.8 Å². The summed E-state index contributed by atoms with van der Waals surface area (Å²) in [7, 11) is 2.02. The maximum Gasteiger partial charge on any atom is 0.242 e. The highest BCUT2D eigenvalue weighted by atomic mass is 16.7. The number of hydrogen-bond acceptors (Lipinski definition) is 7. The Morgan fingerprint density at radius 2 is 1.87 bits per heavy atom. The van der Waals surface area contributed by atoms with Gasteiger partial charge in [-0.05, 0) is 59.9 Å². The molecule has 8 nitrogen and oxygen atoms in total. The van der Waals surface area contributed by atoms with Gasteiger partial charge in [-0.2, -0.15) is 0 Å². The van der Waals surface area contributed by atoms with Crippen LogP contribution in [0.5, 0.6) is 0 Å². The van der Waals surface area contributed by atoms with Crippen LogP contribution in [-0.4, -0.2) is 73.6 Å². The van der Waals surface area contributed by atoms with Crippen LogP contribution in [0, 0.1) is 5.41 Å². The SMILES string of the molecule is C[C@H](OC1CCCCO1)C(C)(C)C1=NOC(NC(=O)C(C)(C)N(C)C2CCOCC2)C1. The van der Waals surface area contributed by atoms with Gasteiger partial charge in [-0.25, -0.2) is 0 Å². The Morgan fingerprint density at radius 1 is 1.16 bits per heavy atom. The number of nitrogens with one attached hydrogen (secondary N) is 1. The average Bonchev–Trinajstić information content (AvgIpc) is 3.23. The first-order chi connectivity index (χ1) is 14.6.